The highest BCUT2D eigenvalue weighted by Crippen LogP contribution is 2.73. The van der Waals surface area contributed by atoms with Crippen LogP contribution in [0.2, 0.25) is 0 Å². The summed E-state index contributed by atoms with van der Waals surface area (Å²) in [5.74, 6) is 2.34. The molecule has 0 saturated carbocycles. The molecule has 0 amide bonds. The zero-order valence-corrected chi connectivity index (χ0v) is 47.4. The van der Waals surface area contributed by atoms with Crippen LogP contribution in [0.5, 0.6) is 17.2 Å². The van der Waals surface area contributed by atoms with Crippen molar-refractivity contribution in [2.75, 3.05) is 0 Å². The summed E-state index contributed by atoms with van der Waals surface area (Å²) < 4.78 is 42.2. The highest BCUT2D eigenvalue weighted by molar-refractivity contribution is 7.69. The van der Waals surface area contributed by atoms with Crippen LogP contribution in [0.4, 0.5) is 0 Å². The molecule has 354 valence electrons. The van der Waals surface area contributed by atoms with E-state index >= 15 is 0 Å². The standard InChI is InChI=1S/C54H87O6P3/c1-46(2,3)34-28-37(49(10,11)12)43(38(29-34)50(13,14)15)55-61-58-62(56-44-39(51(16,17)18)30-35(47(4,5)6)31-40(44)52(19,20)21)60-63(59-61)57-45-41(53(22,23)24)32-36(48(7,8)9)33-42(45)54(25,26)27/h28-33H,1-27H3. The average Bonchev–Trinajstić information content (AvgIpc) is 3.03. The van der Waals surface area contributed by atoms with Crippen molar-refractivity contribution >= 4 is 25.8 Å². The third kappa shape index (κ3) is 13.2. The highest BCUT2D eigenvalue weighted by atomic mass is 31.3. The molecule has 0 bridgehead atoms. The predicted molar refractivity (Wildman–Crippen MR) is 274 cm³/mol. The smallest absolute Gasteiger partial charge is 0.413 e. The third-order valence-electron chi connectivity index (χ3n) is 11.6. The van der Waals surface area contributed by atoms with Gasteiger partial charge >= 0.3 is 25.8 Å². The molecule has 6 nitrogen and oxygen atoms in total. The Labute approximate surface area is 390 Å². The molecule has 0 N–H and O–H groups in total. The summed E-state index contributed by atoms with van der Waals surface area (Å²) in [5.41, 5.74) is 8.63. The second-order valence-electron chi connectivity index (χ2n) is 27.1. The Hall–Kier alpha value is -1.77. The predicted octanol–water partition coefficient (Wildman–Crippen LogP) is 18.6. The first kappa shape index (κ1) is 53.8. The van der Waals surface area contributed by atoms with Gasteiger partial charge in [-0.2, -0.15) is 0 Å². The van der Waals surface area contributed by atoms with Gasteiger partial charge in [-0.1, -0.05) is 223 Å². The molecule has 1 heterocycles. The van der Waals surface area contributed by atoms with Gasteiger partial charge in [-0.05, 0) is 65.4 Å². The van der Waals surface area contributed by atoms with Crippen molar-refractivity contribution in [3.05, 3.63) is 86.5 Å². The van der Waals surface area contributed by atoms with Gasteiger partial charge in [0.15, 0.2) is 0 Å². The van der Waals surface area contributed by atoms with Crippen LogP contribution in [-0.4, -0.2) is 0 Å². The summed E-state index contributed by atoms with van der Waals surface area (Å²) in [6, 6.07) is 13.9. The van der Waals surface area contributed by atoms with E-state index in [1.54, 1.807) is 0 Å². The van der Waals surface area contributed by atoms with Crippen LogP contribution in [-0.2, 0) is 61.7 Å². The second-order valence-corrected chi connectivity index (χ2v) is 31.0. The van der Waals surface area contributed by atoms with Gasteiger partial charge < -0.3 is 13.6 Å². The zero-order chi connectivity index (χ0) is 48.6. The summed E-state index contributed by atoms with van der Waals surface area (Å²) >= 11 is 0. The quantitative estimate of drug-likeness (QED) is 0.230. The molecule has 1 fully saturated rings. The molecule has 0 unspecified atom stereocenters. The van der Waals surface area contributed by atoms with Gasteiger partial charge in [-0.15, -0.1) is 0 Å². The Morgan fingerprint density at radius 2 is 0.397 bits per heavy atom. The molecule has 4 rings (SSSR count). The van der Waals surface area contributed by atoms with Gasteiger partial charge in [0.05, 0.1) is 0 Å². The van der Waals surface area contributed by atoms with E-state index in [-0.39, 0.29) is 48.7 Å². The zero-order valence-electron chi connectivity index (χ0n) is 44.8. The van der Waals surface area contributed by atoms with Crippen molar-refractivity contribution in [2.24, 2.45) is 0 Å². The summed E-state index contributed by atoms with van der Waals surface area (Å²) in [5, 5.41) is 0. The van der Waals surface area contributed by atoms with Gasteiger partial charge in [-0.3, -0.25) is 0 Å². The van der Waals surface area contributed by atoms with E-state index in [0.29, 0.717) is 0 Å². The first-order chi connectivity index (χ1) is 27.9. The van der Waals surface area contributed by atoms with E-state index < -0.39 is 25.8 Å². The number of rotatable bonds is 6. The fraction of sp³-hybridized carbons (Fsp3) is 0.667. The monoisotopic (exact) mass is 925 g/mol. The molecule has 0 aromatic heterocycles. The van der Waals surface area contributed by atoms with Crippen LogP contribution in [0.15, 0.2) is 36.4 Å². The van der Waals surface area contributed by atoms with Crippen molar-refractivity contribution in [1.82, 2.24) is 0 Å². The fourth-order valence-corrected chi connectivity index (χ4v) is 11.7. The van der Waals surface area contributed by atoms with E-state index in [0.717, 1.165) is 50.6 Å². The molecular weight excluding hydrogens is 838 g/mol. The molecule has 0 atom stereocenters. The minimum absolute atomic E-state index is 0.0734. The van der Waals surface area contributed by atoms with Crippen LogP contribution >= 0.6 is 25.8 Å². The third-order valence-corrected chi connectivity index (χ3v) is 15.8. The Bertz CT molecular complexity index is 1760. The average molecular weight is 925 g/mol. The molecule has 63 heavy (non-hydrogen) atoms. The van der Waals surface area contributed by atoms with E-state index in [4.69, 9.17) is 26.5 Å². The molecule has 3 aromatic rings. The number of benzene rings is 3. The molecule has 0 spiro atoms. The molecule has 1 saturated heterocycles. The fourth-order valence-electron chi connectivity index (χ4n) is 7.35. The Morgan fingerprint density at radius 1 is 0.254 bits per heavy atom. The molecule has 0 aliphatic carbocycles. The molecule has 9 heteroatoms. The maximum Gasteiger partial charge on any atom is 0.413 e. The normalized spacial score (nSPS) is 19.0. The molecule has 0 radical (unpaired) electrons. The molecular formula is C54H87O6P3. The first-order valence-electron chi connectivity index (χ1n) is 23.0. The van der Waals surface area contributed by atoms with Gasteiger partial charge in [-0.25, -0.2) is 12.9 Å². The van der Waals surface area contributed by atoms with Gasteiger partial charge in [0.1, 0.15) is 17.2 Å². The van der Waals surface area contributed by atoms with Crippen LogP contribution in [0.1, 0.15) is 237 Å². The van der Waals surface area contributed by atoms with Crippen LogP contribution in [0.25, 0.3) is 0 Å². The Balaban J connectivity index is 2.04. The van der Waals surface area contributed by atoms with Gasteiger partial charge in [0.2, 0.25) is 0 Å². The van der Waals surface area contributed by atoms with Crippen molar-refractivity contribution in [2.45, 2.75) is 236 Å². The van der Waals surface area contributed by atoms with Crippen molar-refractivity contribution < 1.29 is 26.5 Å². The van der Waals surface area contributed by atoms with Crippen LogP contribution in [0.3, 0.4) is 0 Å². The molecule has 1 aliphatic rings. The van der Waals surface area contributed by atoms with Crippen LogP contribution in [0, 0.1) is 0 Å². The lowest BCUT2D eigenvalue weighted by Gasteiger charge is -2.37. The summed E-state index contributed by atoms with van der Waals surface area (Å²) in [7, 11) is -6.30. The number of hydrogen-bond donors (Lipinski definition) is 0. The van der Waals surface area contributed by atoms with E-state index in [1.165, 1.54) is 16.7 Å². The van der Waals surface area contributed by atoms with Crippen molar-refractivity contribution in [3.8, 4) is 17.2 Å². The Kier molecular flexibility index (Phi) is 15.1. The summed E-state index contributed by atoms with van der Waals surface area (Å²) in [6.07, 6.45) is 0. The van der Waals surface area contributed by atoms with E-state index in [1.807, 2.05) is 0 Å². The first-order valence-corrected chi connectivity index (χ1v) is 26.3. The van der Waals surface area contributed by atoms with Crippen molar-refractivity contribution in [1.29, 1.82) is 0 Å². The topological polar surface area (TPSA) is 55.4 Å². The van der Waals surface area contributed by atoms with Crippen LogP contribution < -0.4 is 13.6 Å². The van der Waals surface area contributed by atoms with E-state index in [2.05, 4.69) is 223 Å². The summed E-state index contributed by atoms with van der Waals surface area (Å²) in [6.45, 7) is 60.8. The minimum atomic E-state index is -2.10. The number of hydrogen-bond acceptors (Lipinski definition) is 6. The van der Waals surface area contributed by atoms with Gasteiger partial charge in [0.25, 0.3) is 0 Å². The lowest BCUT2D eigenvalue weighted by atomic mass is 9.75. The SMILES string of the molecule is CC(C)(C)c1cc(C(C)(C)C)c(OP2OP(Oc3c(C(C)(C)C)cc(C(C)(C)C)cc3C(C)(C)C)OP(Oc3c(C(C)(C)C)cc(C(C)(C)C)cc3C(C)(C)C)O2)c(C(C)(C)C)c1. The maximum atomic E-state index is 7.20. The van der Waals surface area contributed by atoms with Crippen molar-refractivity contribution in [3.63, 3.8) is 0 Å². The minimum Gasteiger partial charge on any atom is -0.426 e. The molecule has 1 aliphatic heterocycles. The largest absolute Gasteiger partial charge is 0.426 e. The summed E-state index contributed by atoms with van der Waals surface area (Å²) in [4.78, 5) is 0. The van der Waals surface area contributed by atoms with E-state index in [9.17, 15) is 0 Å². The molecule has 3 aromatic carbocycles. The lowest BCUT2D eigenvalue weighted by molar-refractivity contribution is 0.271. The second kappa shape index (κ2) is 17.7. The maximum absolute atomic E-state index is 7.20. The van der Waals surface area contributed by atoms with Gasteiger partial charge in [0, 0.05) is 33.4 Å². The Morgan fingerprint density at radius 3 is 0.508 bits per heavy atom. The highest BCUT2D eigenvalue weighted by Gasteiger charge is 2.46. The lowest BCUT2D eigenvalue weighted by Crippen LogP contribution is -2.24.